The molecule has 0 atom stereocenters. The Kier molecular flexibility index (Phi) is 17.3. The zero-order valence-corrected chi connectivity index (χ0v) is 70.0. The first-order valence-corrected chi connectivity index (χ1v) is 44.7. The summed E-state index contributed by atoms with van der Waals surface area (Å²) >= 11 is 5.60. The van der Waals surface area contributed by atoms with Crippen molar-refractivity contribution in [2.75, 3.05) is 0 Å². The lowest BCUT2D eigenvalue weighted by atomic mass is 9.99. The van der Waals surface area contributed by atoms with Crippen molar-refractivity contribution < 1.29 is 0 Å². The van der Waals surface area contributed by atoms with Crippen LogP contribution in [0.4, 0.5) is 0 Å². The van der Waals surface area contributed by atoms with E-state index in [1.165, 1.54) is 142 Å². The molecule has 27 aromatic rings. The van der Waals surface area contributed by atoms with Crippen LogP contribution in [-0.2, 0) is 0 Å². The lowest BCUT2D eigenvalue weighted by molar-refractivity contribution is 1.08. The molecular formula is C114H69N9S3. The van der Waals surface area contributed by atoms with Crippen LogP contribution < -0.4 is 0 Å². The molecule has 0 bridgehead atoms. The second-order valence-corrected chi connectivity index (χ2v) is 35.0. The molecule has 0 N–H and O–H groups in total. The molecule has 0 aliphatic carbocycles. The molecule has 9 aromatic heterocycles. The number of thiophene rings is 3. The van der Waals surface area contributed by atoms with Crippen molar-refractivity contribution in [2.24, 2.45) is 0 Å². The molecule has 588 valence electrons. The zero-order chi connectivity index (χ0) is 82.9. The number of rotatable bonds is 9. The van der Waals surface area contributed by atoms with Crippen LogP contribution in [0.15, 0.2) is 419 Å². The van der Waals surface area contributed by atoms with Crippen LogP contribution in [-0.4, -0.2) is 43.6 Å². The molecular weight excluding hydrogens is 1590 g/mol. The number of fused-ring (bicyclic) bond motifs is 27. The lowest BCUT2D eigenvalue weighted by Crippen LogP contribution is -1.99. The van der Waals surface area contributed by atoms with Gasteiger partial charge >= 0.3 is 0 Å². The Labute approximate surface area is 734 Å². The van der Waals surface area contributed by atoms with Crippen molar-refractivity contribution in [2.45, 2.75) is 0 Å². The highest BCUT2D eigenvalue weighted by Gasteiger charge is 2.26. The van der Waals surface area contributed by atoms with Gasteiger partial charge < -0.3 is 0 Å². The normalized spacial score (nSPS) is 11.8. The summed E-state index contributed by atoms with van der Waals surface area (Å²) in [5.74, 6) is 2.64. The van der Waals surface area contributed by atoms with E-state index in [1.807, 2.05) is 101 Å². The molecule has 18 aromatic carbocycles. The fourth-order valence-electron chi connectivity index (χ4n) is 19.2. The van der Waals surface area contributed by atoms with Crippen LogP contribution in [0.3, 0.4) is 0 Å². The summed E-state index contributed by atoms with van der Waals surface area (Å²) in [6.45, 7) is 0. The van der Waals surface area contributed by atoms with Gasteiger partial charge in [-0.15, -0.1) is 34.0 Å². The minimum atomic E-state index is 0.839. The topological polar surface area (TPSA) is 92.1 Å². The predicted octanol–water partition coefficient (Wildman–Crippen LogP) is 31.3. The molecule has 0 fully saturated rings. The van der Waals surface area contributed by atoms with E-state index in [4.69, 9.17) is 19.9 Å². The number of hydrogen-bond donors (Lipinski definition) is 0. The first kappa shape index (κ1) is 72.8. The van der Waals surface area contributed by atoms with Gasteiger partial charge in [-0.1, -0.05) is 297 Å². The summed E-state index contributed by atoms with van der Waals surface area (Å²) in [5.41, 5.74) is 19.8. The molecule has 0 saturated carbocycles. The average molecular weight is 1660 g/mol. The van der Waals surface area contributed by atoms with Crippen molar-refractivity contribution >= 4 is 192 Å². The summed E-state index contributed by atoms with van der Waals surface area (Å²) in [4.78, 5) is 29.4. The van der Waals surface area contributed by atoms with E-state index in [0.717, 1.165) is 101 Å². The molecule has 12 heteroatoms. The second kappa shape index (κ2) is 30.0. The van der Waals surface area contributed by atoms with Gasteiger partial charge in [0.25, 0.3) is 0 Å². The third kappa shape index (κ3) is 11.9. The van der Waals surface area contributed by atoms with Crippen LogP contribution in [0.5, 0.6) is 0 Å². The fourth-order valence-corrected chi connectivity index (χ4v) is 22.9. The molecule has 0 radical (unpaired) electrons. The molecule has 126 heavy (non-hydrogen) atoms. The summed E-state index contributed by atoms with van der Waals surface area (Å²) in [5, 5.41) is 22.3. The number of imidazole rings is 3. The third-order valence-electron chi connectivity index (χ3n) is 24.9. The number of benzene rings is 18. The van der Waals surface area contributed by atoms with Gasteiger partial charge in [0.05, 0.1) is 33.1 Å². The highest BCUT2D eigenvalue weighted by atomic mass is 32.1. The first-order chi connectivity index (χ1) is 62.5. The number of nitrogens with zero attached hydrogens (tertiary/aromatic N) is 9. The van der Waals surface area contributed by atoms with Crippen molar-refractivity contribution in [1.29, 1.82) is 0 Å². The fraction of sp³-hybridized carbons (Fsp3) is 0. The predicted molar refractivity (Wildman–Crippen MR) is 533 cm³/mol. The standard InChI is InChI=1S/3C38H23N3S/c1-3-13-31-28(10-1)29-11-2-4-14-32(29)36-35(31)40-38(25-9-8-22-39-23-25)41(36)26-20-18-24(19-21-26)27-15-7-16-33-30-12-5-6-17-34(30)42-37(27)33;1-3-13-30-27(10-1)28-11-2-4-14-31(28)36-35(30)40-38(33-17-7-8-23-39-33)41(36)25-21-19-24(20-22-25)26-15-9-16-32-29-12-5-6-18-34(29)42-37(26)32;1-3-11-31-28(8-1)29-9-2-4-12-32(29)36-35(31)40-38(25-20-22-39-23-21-25)41(36)26-18-16-24(17-19-26)27-13-7-14-33-30-10-5-6-15-34(30)42-37(27)33/h3*1-23H. The maximum Gasteiger partial charge on any atom is 0.164 e. The Morgan fingerprint density at radius 1 is 0.190 bits per heavy atom. The van der Waals surface area contributed by atoms with Gasteiger partial charge in [-0.05, 0) is 157 Å². The molecule has 0 saturated heterocycles. The smallest absolute Gasteiger partial charge is 0.164 e. The number of pyridine rings is 3. The minimum Gasteiger partial charge on any atom is -0.292 e. The zero-order valence-electron chi connectivity index (χ0n) is 67.6. The molecule has 27 rings (SSSR count). The van der Waals surface area contributed by atoms with E-state index in [-0.39, 0.29) is 0 Å². The highest BCUT2D eigenvalue weighted by Crippen LogP contribution is 2.48. The van der Waals surface area contributed by atoms with Crippen LogP contribution in [0.1, 0.15) is 0 Å². The minimum absolute atomic E-state index is 0.839. The van der Waals surface area contributed by atoms with E-state index in [9.17, 15) is 0 Å². The van der Waals surface area contributed by atoms with Crippen molar-refractivity contribution in [3.63, 3.8) is 0 Å². The molecule has 0 amide bonds. The average Bonchev–Trinajstić information content (AvgIpc) is 1.55. The maximum absolute atomic E-state index is 5.32. The number of aromatic nitrogens is 9. The van der Waals surface area contributed by atoms with E-state index in [2.05, 4.69) is 376 Å². The maximum atomic E-state index is 5.32. The van der Waals surface area contributed by atoms with Crippen LogP contribution in [0.2, 0.25) is 0 Å². The monoisotopic (exact) mass is 1660 g/mol. The largest absolute Gasteiger partial charge is 0.292 e. The Balaban J connectivity index is 0.000000103. The molecule has 0 aliphatic heterocycles. The van der Waals surface area contributed by atoms with Gasteiger partial charge in [0, 0.05) is 152 Å². The van der Waals surface area contributed by atoms with Gasteiger partial charge in [0.15, 0.2) is 5.82 Å². The molecule has 0 aliphatic rings. The Hall–Kier alpha value is -16.0. The van der Waals surface area contributed by atoms with Crippen molar-refractivity contribution in [1.82, 2.24) is 43.6 Å². The Bertz CT molecular complexity index is 8190. The van der Waals surface area contributed by atoms with Gasteiger partial charge in [0.2, 0.25) is 0 Å². The highest BCUT2D eigenvalue weighted by molar-refractivity contribution is 7.27. The Morgan fingerprint density at radius 2 is 0.500 bits per heavy atom. The van der Waals surface area contributed by atoms with E-state index < -0.39 is 0 Å². The molecule has 0 unspecified atom stereocenters. The quantitative estimate of drug-likeness (QED) is 0.134. The Morgan fingerprint density at radius 3 is 0.857 bits per heavy atom. The lowest BCUT2D eigenvalue weighted by Gasteiger charge is -2.13. The number of hydrogen-bond acceptors (Lipinski definition) is 9. The van der Waals surface area contributed by atoms with E-state index >= 15 is 0 Å². The van der Waals surface area contributed by atoms with Gasteiger partial charge in [0.1, 0.15) is 17.3 Å². The van der Waals surface area contributed by atoms with Crippen LogP contribution in [0.25, 0.3) is 243 Å². The third-order valence-corrected chi connectivity index (χ3v) is 28.5. The van der Waals surface area contributed by atoms with Gasteiger partial charge in [-0.3, -0.25) is 28.7 Å². The second-order valence-electron chi connectivity index (χ2n) is 31.9. The summed E-state index contributed by atoms with van der Waals surface area (Å²) < 4.78 is 14.9. The van der Waals surface area contributed by atoms with Crippen LogP contribution >= 0.6 is 34.0 Å². The van der Waals surface area contributed by atoms with Gasteiger partial charge in [-0.2, -0.15) is 0 Å². The SMILES string of the molecule is c1ccc(-c2nc3c4ccccc4c4ccccc4c3n2-c2ccc(-c3cccc4c3sc3ccccc34)cc2)nc1.c1ccc2c(c1)sc1c(-c3ccc(-n4c(-c5ccncc5)nc5c6ccccc6c6ccccc6c54)cc3)cccc12.c1cncc(-c2nc3c4ccccc4c4ccccc4c3n2-c2ccc(-c3cccc4c3sc3ccccc34)cc2)c1. The van der Waals surface area contributed by atoms with Gasteiger partial charge in [-0.25, -0.2) is 15.0 Å². The van der Waals surface area contributed by atoms with E-state index in [1.54, 1.807) is 0 Å². The summed E-state index contributed by atoms with van der Waals surface area (Å²) in [7, 11) is 0. The van der Waals surface area contributed by atoms with Crippen molar-refractivity contribution in [3.8, 4) is 84.7 Å². The first-order valence-electron chi connectivity index (χ1n) is 42.3. The van der Waals surface area contributed by atoms with Crippen molar-refractivity contribution in [3.05, 3.63) is 419 Å². The molecule has 9 heterocycles. The summed E-state index contributed by atoms with van der Waals surface area (Å²) in [6.07, 6.45) is 9.22. The molecule has 9 nitrogen and oxygen atoms in total. The summed E-state index contributed by atoms with van der Waals surface area (Å²) in [6, 6.07) is 139. The van der Waals surface area contributed by atoms with E-state index in [0.29, 0.717) is 0 Å². The van der Waals surface area contributed by atoms with Crippen LogP contribution in [0, 0.1) is 0 Å². The molecule has 0 spiro atoms.